The van der Waals surface area contributed by atoms with Crippen molar-refractivity contribution in [2.75, 3.05) is 20.1 Å². The van der Waals surface area contributed by atoms with Crippen molar-refractivity contribution in [3.63, 3.8) is 0 Å². The number of nitrogens with one attached hydrogen (secondary N) is 2. The first kappa shape index (κ1) is 12.0. The van der Waals surface area contributed by atoms with Crippen LogP contribution < -0.4 is 10.6 Å². The van der Waals surface area contributed by atoms with E-state index in [2.05, 4.69) is 26.6 Å². The smallest absolute Gasteiger partial charge is 0.0548 e. The van der Waals surface area contributed by atoms with Crippen LogP contribution in [0, 0.1) is 0 Å². The summed E-state index contributed by atoms with van der Waals surface area (Å²) in [5.41, 5.74) is 1.23. The Hall–Kier alpha value is -0.0900. The first-order chi connectivity index (χ1) is 6.74. The summed E-state index contributed by atoms with van der Waals surface area (Å²) in [6.45, 7) is 2.82. The molecule has 0 spiro atoms. The second kappa shape index (κ2) is 6.40. The zero-order valence-corrected chi connectivity index (χ0v) is 10.5. The quantitative estimate of drug-likeness (QED) is 0.808. The SMILES string of the molecule is CNCCNCc1ccc(Cl)c(Br)c1. The van der Waals surface area contributed by atoms with Crippen molar-refractivity contribution in [2.24, 2.45) is 0 Å². The van der Waals surface area contributed by atoms with Gasteiger partial charge in [0.1, 0.15) is 0 Å². The number of halogens is 2. The summed E-state index contributed by atoms with van der Waals surface area (Å²) >= 11 is 9.28. The van der Waals surface area contributed by atoms with Gasteiger partial charge in [0.2, 0.25) is 0 Å². The lowest BCUT2D eigenvalue weighted by Gasteiger charge is -2.05. The summed E-state index contributed by atoms with van der Waals surface area (Å²) in [7, 11) is 1.94. The van der Waals surface area contributed by atoms with Gasteiger partial charge in [-0.2, -0.15) is 0 Å². The largest absolute Gasteiger partial charge is 0.318 e. The molecule has 78 valence electrons. The lowest BCUT2D eigenvalue weighted by Crippen LogP contribution is -2.24. The molecule has 0 radical (unpaired) electrons. The van der Waals surface area contributed by atoms with Gasteiger partial charge < -0.3 is 10.6 Å². The van der Waals surface area contributed by atoms with Crippen LogP contribution in [0.4, 0.5) is 0 Å². The third kappa shape index (κ3) is 3.96. The maximum Gasteiger partial charge on any atom is 0.0548 e. The lowest BCUT2D eigenvalue weighted by atomic mass is 10.2. The van der Waals surface area contributed by atoms with E-state index in [1.165, 1.54) is 5.56 Å². The van der Waals surface area contributed by atoms with E-state index in [4.69, 9.17) is 11.6 Å². The van der Waals surface area contributed by atoms with Gasteiger partial charge in [0.15, 0.2) is 0 Å². The highest BCUT2D eigenvalue weighted by Gasteiger charge is 1.98. The molecule has 2 N–H and O–H groups in total. The molecule has 0 unspecified atom stereocenters. The van der Waals surface area contributed by atoms with Crippen molar-refractivity contribution in [2.45, 2.75) is 6.54 Å². The topological polar surface area (TPSA) is 24.1 Å². The zero-order chi connectivity index (χ0) is 10.4. The molecule has 0 saturated heterocycles. The lowest BCUT2D eigenvalue weighted by molar-refractivity contribution is 0.650. The molecule has 0 aliphatic heterocycles. The Balaban J connectivity index is 2.39. The summed E-state index contributed by atoms with van der Waals surface area (Å²) in [4.78, 5) is 0. The summed E-state index contributed by atoms with van der Waals surface area (Å²) < 4.78 is 0.951. The minimum absolute atomic E-state index is 0.754. The highest BCUT2D eigenvalue weighted by Crippen LogP contribution is 2.22. The third-order valence-electron chi connectivity index (χ3n) is 1.86. The fourth-order valence-electron chi connectivity index (χ4n) is 1.10. The predicted molar refractivity (Wildman–Crippen MR) is 64.8 cm³/mol. The third-order valence-corrected chi connectivity index (χ3v) is 3.08. The van der Waals surface area contributed by atoms with Gasteiger partial charge in [-0.15, -0.1) is 0 Å². The predicted octanol–water partition coefficient (Wildman–Crippen LogP) is 2.41. The van der Waals surface area contributed by atoms with Crippen molar-refractivity contribution in [1.29, 1.82) is 0 Å². The van der Waals surface area contributed by atoms with E-state index in [-0.39, 0.29) is 0 Å². The maximum absolute atomic E-state index is 5.89. The maximum atomic E-state index is 5.89. The molecule has 4 heteroatoms. The molecule has 0 aromatic heterocycles. The molecule has 0 atom stereocenters. The van der Waals surface area contributed by atoms with Gasteiger partial charge in [0, 0.05) is 24.1 Å². The molecule has 0 fully saturated rings. The minimum Gasteiger partial charge on any atom is -0.318 e. The number of rotatable bonds is 5. The van der Waals surface area contributed by atoms with Crippen LogP contribution in [0.15, 0.2) is 22.7 Å². The van der Waals surface area contributed by atoms with E-state index >= 15 is 0 Å². The summed E-state index contributed by atoms with van der Waals surface area (Å²) in [5, 5.41) is 7.16. The molecule has 0 saturated carbocycles. The highest BCUT2D eigenvalue weighted by atomic mass is 79.9. The molecule has 1 aromatic rings. The van der Waals surface area contributed by atoms with Gasteiger partial charge in [-0.25, -0.2) is 0 Å². The van der Waals surface area contributed by atoms with Gasteiger partial charge in [-0.05, 0) is 40.7 Å². The molecule has 1 rings (SSSR count). The van der Waals surface area contributed by atoms with Gasteiger partial charge in [0.25, 0.3) is 0 Å². The Morgan fingerprint density at radius 1 is 1.36 bits per heavy atom. The average molecular weight is 278 g/mol. The molecular weight excluding hydrogens is 263 g/mol. The second-order valence-electron chi connectivity index (χ2n) is 3.03. The van der Waals surface area contributed by atoms with Crippen LogP contribution in [0.1, 0.15) is 5.56 Å². The van der Waals surface area contributed by atoms with E-state index in [1.807, 2.05) is 25.2 Å². The fraction of sp³-hybridized carbons (Fsp3) is 0.400. The number of likely N-dealkylation sites (N-methyl/N-ethyl adjacent to an activating group) is 1. The van der Waals surface area contributed by atoms with E-state index in [9.17, 15) is 0 Å². The van der Waals surface area contributed by atoms with Crippen LogP contribution in [-0.2, 0) is 6.54 Å². The van der Waals surface area contributed by atoms with Crippen LogP contribution in [0.25, 0.3) is 0 Å². The minimum atomic E-state index is 0.754. The molecule has 0 amide bonds. The Morgan fingerprint density at radius 3 is 2.79 bits per heavy atom. The summed E-state index contributed by atoms with van der Waals surface area (Å²) in [6, 6.07) is 5.97. The first-order valence-corrected chi connectivity index (χ1v) is 5.70. The summed E-state index contributed by atoms with van der Waals surface area (Å²) in [5.74, 6) is 0. The molecule has 14 heavy (non-hydrogen) atoms. The zero-order valence-electron chi connectivity index (χ0n) is 8.11. The summed E-state index contributed by atoms with van der Waals surface area (Å²) in [6.07, 6.45) is 0. The fourth-order valence-corrected chi connectivity index (χ4v) is 1.64. The Bertz CT molecular complexity index is 291. The molecule has 0 heterocycles. The van der Waals surface area contributed by atoms with Gasteiger partial charge >= 0.3 is 0 Å². The van der Waals surface area contributed by atoms with Crippen LogP contribution in [-0.4, -0.2) is 20.1 Å². The van der Waals surface area contributed by atoms with E-state index in [0.29, 0.717) is 0 Å². The van der Waals surface area contributed by atoms with Gasteiger partial charge in [-0.3, -0.25) is 0 Å². The highest BCUT2D eigenvalue weighted by molar-refractivity contribution is 9.10. The number of hydrogen-bond acceptors (Lipinski definition) is 2. The van der Waals surface area contributed by atoms with Crippen molar-refractivity contribution in [1.82, 2.24) is 10.6 Å². The Kier molecular flexibility index (Phi) is 5.48. The van der Waals surface area contributed by atoms with Crippen LogP contribution in [0.5, 0.6) is 0 Å². The van der Waals surface area contributed by atoms with Crippen LogP contribution in [0.2, 0.25) is 5.02 Å². The van der Waals surface area contributed by atoms with Crippen LogP contribution in [0.3, 0.4) is 0 Å². The monoisotopic (exact) mass is 276 g/mol. The normalized spacial score (nSPS) is 10.5. The Labute approximate surface area is 98.2 Å². The van der Waals surface area contributed by atoms with E-state index < -0.39 is 0 Å². The molecule has 0 aliphatic rings. The van der Waals surface area contributed by atoms with Crippen molar-refractivity contribution >= 4 is 27.5 Å². The number of hydrogen-bond donors (Lipinski definition) is 2. The van der Waals surface area contributed by atoms with Gasteiger partial charge in [-0.1, -0.05) is 17.7 Å². The van der Waals surface area contributed by atoms with E-state index in [1.54, 1.807) is 0 Å². The Morgan fingerprint density at radius 2 is 2.14 bits per heavy atom. The van der Waals surface area contributed by atoms with Gasteiger partial charge in [0.05, 0.1) is 5.02 Å². The average Bonchev–Trinajstić information content (AvgIpc) is 2.18. The van der Waals surface area contributed by atoms with Crippen molar-refractivity contribution < 1.29 is 0 Å². The van der Waals surface area contributed by atoms with Crippen molar-refractivity contribution in [3.05, 3.63) is 33.3 Å². The molecule has 2 nitrogen and oxygen atoms in total. The molecular formula is C10H14BrClN2. The van der Waals surface area contributed by atoms with E-state index in [0.717, 1.165) is 29.1 Å². The molecule has 1 aromatic carbocycles. The second-order valence-corrected chi connectivity index (χ2v) is 4.29. The molecule has 0 aliphatic carbocycles. The molecule has 0 bridgehead atoms. The number of benzene rings is 1. The van der Waals surface area contributed by atoms with Crippen LogP contribution >= 0.6 is 27.5 Å². The standard InChI is InChI=1S/C10H14BrClN2/c1-13-4-5-14-7-8-2-3-10(12)9(11)6-8/h2-3,6,13-14H,4-5,7H2,1H3. The first-order valence-electron chi connectivity index (χ1n) is 4.53. The van der Waals surface area contributed by atoms with Crippen molar-refractivity contribution in [3.8, 4) is 0 Å².